The Balaban J connectivity index is 1.60. The lowest BCUT2D eigenvalue weighted by atomic mass is 9.92. The molecule has 3 aromatic rings. The molecule has 0 saturated heterocycles. The summed E-state index contributed by atoms with van der Waals surface area (Å²) in [4.78, 5) is 16.4. The number of aromatic nitrogens is 1. The number of carbonyl (C=O) groups is 1. The number of halogens is 1. The Kier molecular flexibility index (Phi) is 4.00. The van der Waals surface area contributed by atoms with Gasteiger partial charge in [0.25, 0.3) is 0 Å². The molecule has 0 radical (unpaired) electrons. The second kappa shape index (κ2) is 6.03. The summed E-state index contributed by atoms with van der Waals surface area (Å²) in [5, 5.41) is 14.3. The van der Waals surface area contributed by atoms with Crippen LogP contribution in [0.25, 0.3) is 10.9 Å². The average Bonchev–Trinajstić information content (AvgIpc) is 3.29. The maximum atomic E-state index is 13.0. The molecule has 1 heterocycles. The summed E-state index contributed by atoms with van der Waals surface area (Å²) >= 11 is 5.90. The first-order valence-corrected chi connectivity index (χ1v) is 9.51. The highest BCUT2D eigenvalue weighted by molar-refractivity contribution is 6.32. The van der Waals surface area contributed by atoms with Crippen LogP contribution < -0.4 is 5.32 Å². The van der Waals surface area contributed by atoms with Gasteiger partial charge in [0.1, 0.15) is 5.75 Å². The number of rotatable bonds is 3. The zero-order valence-electron chi connectivity index (χ0n) is 15.7. The minimum atomic E-state index is -0.578. The van der Waals surface area contributed by atoms with E-state index >= 15 is 0 Å². The van der Waals surface area contributed by atoms with Crippen molar-refractivity contribution in [1.82, 2.24) is 4.98 Å². The zero-order chi connectivity index (χ0) is 19.4. The number of phenolic OH excluding ortho intramolecular Hbond substituents is 1. The van der Waals surface area contributed by atoms with Crippen LogP contribution in [-0.4, -0.2) is 16.0 Å². The van der Waals surface area contributed by atoms with Gasteiger partial charge in [-0.25, -0.2) is 0 Å². The fourth-order valence-corrected chi connectivity index (χ4v) is 3.56. The maximum Gasteiger partial charge on any atom is 0.235 e. The van der Waals surface area contributed by atoms with Crippen LogP contribution in [0.5, 0.6) is 5.75 Å². The van der Waals surface area contributed by atoms with E-state index in [0.717, 1.165) is 40.7 Å². The van der Waals surface area contributed by atoms with E-state index in [1.165, 1.54) is 0 Å². The van der Waals surface area contributed by atoms with Gasteiger partial charge in [0, 0.05) is 27.7 Å². The number of amides is 1. The quantitative estimate of drug-likeness (QED) is 0.560. The number of aromatic amines is 1. The molecule has 0 bridgehead atoms. The van der Waals surface area contributed by atoms with E-state index in [0.29, 0.717) is 5.02 Å². The van der Waals surface area contributed by atoms with Gasteiger partial charge >= 0.3 is 0 Å². The van der Waals surface area contributed by atoms with Crippen molar-refractivity contribution in [2.24, 2.45) is 0 Å². The summed E-state index contributed by atoms with van der Waals surface area (Å²) in [6.07, 6.45) is 1.53. The number of hydrogen-bond donors (Lipinski definition) is 3. The van der Waals surface area contributed by atoms with Crippen molar-refractivity contribution in [2.75, 3.05) is 5.32 Å². The molecule has 2 aromatic carbocycles. The van der Waals surface area contributed by atoms with Gasteiger partial charge in [-0.1, -0.05) is 38.4 Å². The lowest BCUT2D eigenvalue weighted by Gasteiger charge is -2.16. The second-order valence-corrected chi connectivity index (χ2v) is 8.84. The van der Waals surface area contributed by atoms with E-state index in [1.54, 1.807) is 12.1 Å². The molecule has 1 aliphatic rings. The molecule has 5 heteroatoms. The van der Waals surface area contributed by atoms with Gasteiger partial charge in [0.2, 0.25) is 5.91 Å². The van der Waals surface area contributed by atoms with Gasteiger partial charge in [-0.3, -0.25) is 4.79 Å². The van der Waals surface area contributed by atoms with Gasteiger partial charge in [0.15, 0.2) is 0 Å². The van der Waals surface area contributed by atoms with Crippen LogP contribution in [-0.2, 0) is 15.6 Å². The lowest BCUT2D eigenvalue weighted by Crippen LogP contribution is -2.27. The molecule has 1 saturated carbocycles. The molecule has 140 valence electrons. The number of nitrogens with one attached hydrogen (secondary N) is 2. The van der Waals surface area contributed by atoms with Crippen molar-refractivity contribution >= 4 is 34.1 Å². The number of benzene rings is 2. The Labute approximate surface area is 163 Å². The van der Waals surface area contributed by atoms with Gasteiger partial charge < -0.3 is 15.4 Å². The molecular formula is C22H23ClN2O2. The summed E-state index contributed by atoms with van der Waals surface area (Å²) in [5.74, 6) is -0.0353. The van der Waals surface area contributed by atoms with Crippen molar-refractivity contribution in [2.45, 2.75) is 44.4 Å². The van der Waals surface area contributed by atoms with Crippen LogP contribution in [0.2, 0.25) is 5.02 Å². The predicted molar refractivity (Wildman–Crippen MR) is 110 cm³/mol. The number of aromatic hydroxyl groups is 1. The van der Waals surface area contributed by atoms with Crippen LogP contribution in [0.4, 0.5) is 5.69 Å². The van der Waals surface area contributed by atoms with Crippen LogP contribution in [0.3, 0.4) is 0 Å². The van der Waals surface area contributed by atoms with Crippen molar-refractivity contribution in [3.05, 3.63) is 58.7 Å². The molecule has 1 amide bonds. The molecule has 1 aromatic heterocycles. The standard InChI is InChI=1S/C22H23ClN2O2/c1-21(2,3)19-11-13-10-15(5-7-17(13)25-19)24-20(27)22(8-9-22)14-4-6-16(23)18(26)12-14/h4-7,10-12,25-26H,8-9H2,1-3H3,(H,24,27). The summed E-state index contributed by atoms with van der Waals surface area (Å²) in [6.45, 7) is 6.50. The first-order valence-electron chi connectivity index (χ1n) is 9.13. The molecule has 4 nitrogen and oxygen atoms in total. The molecule has 27 heavy (non-hydrogen) atoms. The Bertz CT molecular complexity index is 1040. The predicted octanol–water partition coefficient (Wildman–Crippen LogP) is 5.49. The van der Waals surface area contributed by atoms with Gasteiger partial charge in [-0.2, -0.15) is 0 Å². The number of phenols is 1. The smallest absolute Gasteiger partial charge is 0.235 e. The van der Waals surface area contributed by atoms with Crippen LogP contribution in [0.15, 0.2) is 42.5 Å². The highest BCUT2D eigenvalue weighted by atomic mass is 35.5. The normalized spacial score (nSPS) is 15.7. The average molecular weight is 383 g/mol. The van der Waals surface area contributed by atoms with E-state index in [4.69, 9.17) is 11.6 Å². The van der Waals surface area contributed by atoms with E-state index in [-0.39, 0.29) is 17.1 Å². The number of anilines is 1. The Morgan fingerprint density at radius 3 is 2.52 bits per heavy atom. The van der Waals surface area contributed by atoms with Crippen LogP contribution in [0.1, 0.15) is 44.9 Å². The molecule has 0 aliphatic heterocycles. The van der Waals surface area contributed by atoms with E-state index in [9.17, 15) is 9.90 Å². The summed E-state index contributed by atoms with van der Waals surface area (Å²) in [5.41, 5.74) is 3.26. The Morgan fingerprint density at radius 2 is 1.89 bits per heavy atom. The monoisotopic (exact) mass is 382 g/mol. The van der Waals surface area contributed by atoms with Crippen molar-refractivity contribution in [3.63, 3.8) is 0 Å². The van der Waals surface area contributed by atoms with Crippen LogP contribution in [0, 0.1) is 0 Å². The number of fused-ring (bicyclic) bond motifs is 1. The second-order valence-electron chi connectivity index (χ2n) is 8.44. The summed E-state index contributed by atoms with van der Waals surface area (Å²) in [6, 6.07) is 13.1. The fraction of sp³-hybridized carbons (Fsp3) is 0.318. The van der Waals surface area contributed by atoms with Gasteiger partial charge in [-0.15, -0.1) is 0 Å². The highest BCUT2D eigenvalue weighted by Crippen LogP contribution is 2.50. The van der Waals surface area contributed by atoms with Gasteiger partial charge in [-0.05, 0) is 54.8 Å². The van der Waals surface area contributed by atoms with Crippen molar-refractivity contribution in [3.8, 4) is 5.75 Å². The Hall–Kier alpha value is -2.46. The first kappa shape index (κ1) is 17.9. The molecule has 4 rings (SSSR count). The zero-order valence-corrected chi connectivity index (χ0v) is 16.4. The van der Waals surface area contributed by atoms with E-state index in [2.05, 4.69) is 37.1 Å². The Morgan fingerprint density at radius 1 is 1.15 bits per heavy atom. The number of H-pyrrole nitrogens is 1. The maximum absolute atomic E-state index is 13.0. The first-order chi connectivity index (χ1) is 12.7. The summed E-state index contributed by atoms with van der Waals surface area (Å²) in [7, 11) is 0. The molecule has 1 fully saturated rings. The minimum Gasteiger partial charge on any atom is -0.506 e. The third kappa shape index (κ3) is 3.19. The molecule has 0 atom stereocenters. The van der Waals surface area contributed by atoms with E-state index in [1.807, 2.05) is 24.3 Å². The topological polar surface area (TPSA) is 65.1 Å². The SMILES string of the molecule is CC(C)(C)c1cc2cc(NC(=O)C3(c4ccc(Cl)c(O)c4)CC3)ccc2[nH]1. The third-order valence-corrected chi connectivity index (χ3v) is 5.69. The van der Waals surface area contributed by atoms with Crippen molar-refractivity contribution < 1.29 is 9.90 Å². The number of carbonyl (C=O) groups excluding carboxylic acids is 1. The lowest BCUT2D eigenvalue weighted by molar-refractivity contribution is -0.118. The molecule has 1 aliphatic carbocycles. The summed E-state index contributed by atoms with van der Waals surface area (Å²) < 4.78 is 0. The van der Waals surface area contributed by atoms with Crippen LogP contribution >= 0.6 is 11.6 Å². The molecule has 0 unspecified atom stereocenters. The minimum absolute atomic E-state index is 0.0108. The largest absolute Gasteiger partial charge is 0.506 e. The molecule has 3 N–H and O–H groups in total. The van der Waals surface area contributed by atoms with E-state index < -0.39 is 5.41 Å². The third-order valence-electron chi connectivity index (χ3n) is 5.37. The molecular weight excluding hydrogens is 360 g/mol. The van der Waals surface area contributed by atoms with Crippen molar-refractivity contribution in [1.29, 1.82) is 0 Å². The highest BCUT2D eigenvalue weighted by Gasteiger charge is 2.51. The fourth-order valence-electron chi connectivity index (χ4n) is 3.45. The van der Waals surface area contributed by atoms with Gasteiger partial charge in [0.05, 0.1) is 10.4 Å². The number of hydrogen-bond acceptors (Lipinski definition) is 2. The molecule has 0 spiro atoms.